The van der Waals surface area contributed by atoms with Gasteiger partial charge in [-0.2, -0.15) is 0 Å². The molecule has 0 amide bonds. The van der Waals surface area contributed by atoms with Crippen LogP contribution in [0.5, 0.6) is 0 Å². The van der Waals surface area contributed by atoms with Gasteiger partial charge in [-0.1, -0.05) is 127 Å². The van der Waals surface area contributed by atoms with Crippen molar-refractivity contribution >= 4 is 19.8 Å². The highest BCUT2D eigenvalue weighted by molar-refractivity contribution is 7.47. The van der Waals surface area contributed by atoms with Gasteiger partial charge in [-0.15, -0.1) is 0 Å². The summed E-state index contributed by atoms with van der Waals surface area (Å²) in [7, 11) is 1.43. The smallest absolute Gasteiger partial charge is 0.462 e. The number of quaternary nitrogens is 1. The van der Waals surface area contributed by atoms with Crippen LogP contribution in [0.2, 0.25) is 0 Å². The standard InChI is InChI=1S/C42H76NO9P/c1-6-8-10-12-14-16-18-20-21-23-25-27-30-39-40(52-39)31-29-33-42(45)51-38(37-50-53(46,47)49-35-34-43(3,4)5)36-48-41(44)32-28-26-24-22-19-17-15-13-11-9-7-2/h14,16,20-21,25,27,38-40H,6-13,15,17-19,22-24,26,28-37H2,1-5H3/p+1/b16-14-,21-20-,27-25-/t38-,39?,40?/m1/s1. The number of phosphoric ester groups is 1. The van der Waals surface area contributed by atoms with E-state index in [0.29, 0.717) is 17.4 Å². The van der Waals surface area contributed by atoms with E-state index in [2.05, 4.69) is 50.3 Å². The molecule has 11 heteroatoms. The average molecular weight is 771 g/mol. The Morgan fingerprint density at radius 3 is 1.91 bits per heavy atom. The minimum atomic E-state index is -4.39. The highest BCUT2D eigenvalue weighted by Gasteiger charge is 2.37. The van der Waals surface area contributed by atoms with Crippen molar-refractivity contribution in [2.45, 2.75) is 173 Å². The number of phosphoric acid groups is 1. The molecule has 0 aromatic heterocycles. The number of unbranched alkanes of at least 4 members (excludes halogenated alkanes) is 13. The Labute approximate surface area is 323 Å². The molecule has 1 heterocycles. The van der Waals surface area contributed by atoms with Gasteiger partial charge in [-0.25, -0.2) is 4.57 Å². The molecule has 3 unspecified atom stereocenters. The van der Waals surface area contributed by atoms with Gasteiger partial charge in [0, 0.05) is 12.8 Å². The van der Waals surface area contributed by atoms with Crippen molar-refractivity contribution in [2.75, 3.05) is 47.5 Å². The lowest BCUT2D eigenvalue weighted by Gasteiger charge is -2.24. The molecule has 0 bridgehead atoms. The molecular formula is C42H77NO9P+. The molecule has 1 N–H and O–H groups in total. The predicted molar refractivity (Wildman–Crippen MR) is 214 cm³/mol. The van der Waals surface area contributed by atoms with Gasteiger partial charge >= 0.3 is 19.8 Å². The van der Waals surface area contributed by atoms with Crippen LogP contribution in [0.3, 0.4) is 0 Å². The number of esters is 2. The van der Waals surface area contributed by atoms with Gasteiger partial charge in [0.1, 0.15) is 19.8 Å². The van der Waals surface area contributed by atoms with E-state index < -0.39 is 26.5 Å². The molecule has 0 saturated carbocycles. The number of carbonyl (C=O) groups excluding carboxylic acids is 2. The number of hydrogen-bond donors (Lipinski definition) is 1. The third-order valence-corrected chi connectivity index (χ3v) is 10.1. The van der Waals surface area contributed by atoms with Crippen molar-refractivity contribution in [1.82, 2.24) is 0 Å². The number of rotatable bonds is 36. The molecule has 1 saturated heterocycles. The lowest BCUT2D eigenvalue weighted by atomic mass is 10.1. The van der Waals surface area contributed by atoms with Gasteiger partial charge in [0.15, 0.2) is 6.10 Å². The molecule has 0 aromatic carbocycles. The van der Waals surface area contributed by atoms with Crippen LogP contribution in [0, 0.1) is 0 Å². The van der Waals surface area contributed by atoms with Crippen LogP contribution < -0.4 is 0 Å². The van der Waals surface area contributed by atoms with E-state index in [1.54, 1.807) is 0 Å². The van der Waals surface area contributed by atoms with E-state index >= 15 is 0 Å². The Kier molecular flexibility index (Phi) is 29.2. The number of epoxide rings is 1. The molecule has 1 aliphatic heterocycles. The second-order valence-corrected chi connectivity index (χ2v) is 16.9. The first-order valence-corrected chi connectivity index (χ1v) is 22.3. The van der Waals surface area contributed by atoms with Crippen molar-refractivity contribution in [2.24, 2.45) is 0 Å². The van der Waals surface area contributed by atoms with E-state index in [-0.39, 0.29) is 44.2 Å². The number of ether oxygens (including phenoxy) is 3. The van der Waals surface area contributed by atoms with Gasteiger partial charge in [-0.05, 0) is 51.4 Å². The summed E-state index contributed by atoms with van der Waals surface area (Å²) in [6.07, 6.45) is 34.9. The number of hydrogen-bond acceptors (Lipinski definition) is 8. The summed E-state index contributed by atoms with van der Waals surface area (Å²) in [6.45, 7) is 4.29. The topological polar surface area (TPSA) is 121 Å². The summed E-state index contributed by atoms with van der Waals surface area (Å²) in [4.78, 5) is 35.4. The summed E-state index contributed by atoms with van der Waals surface area (Å²) in [5.74, 6) is -0.876. The molecule has 53 heavy (non-hydrogen) atoms. The zero-order chi connectivity index (χ0) is 39.0. The molecule has 1 aliphatic rings. The van der Waals surface area contributed by atoms with Crippen molar-refractivity contribution in [1.29, 1.82) is 0 Å². The van der Waals surface area contributed by atoms with E-state index in [9.17, 15) is 19.0 Å². The summed E-state index contributed by atoms with van der Waals surface area (Å²) in [5.41, 5.74) is 0. The minimum Gasteiger partial charge on any atom is -0.462 e. The third-order valence-electron chi connectivity index (χ3n) is 9.10. The maximum Gasteiger partial charge on any atom is 0.472 e. The fourth-order valence-electron chi connectivity index (χ4n) is 5.69. The van der Waals surface area contributed by atoms with E-state index in [0.717, 1.165) is 44.9 Å². The average Bonchev–Trinajstić information content (AvgIpc) is 3.85. The first kappa shape index (κ1) is 49.2. The van der Waals surface area contributed by atoms with Gasteiger partial charge in [-0.3, -0.25) is 18.6 Å². The van der Waals surface area contributed by atoms with Crippen LogP contribution in [0.4, 0.5) is 0 Å². The Morgan fingerprint density at radius 1 is 0.698 bits per heavy atom. The Bertz CT molecular complexity index is 1070. The van der Waals surface area contributed by atoms with Crippen LogP contribution in [-0.4, -0.2) is 87.1 Å². The summed E-state index contributed by atoms with van der Waals surface area (Å²) < 4.78 is 40.0. The first-order chi connectivity index (χ1) is 25.5. The van der Waals surface area contributed by atoms with Crippen molar-refractivity contribution in [3.63, 3.8) is 0 Å². The molecule has 0 aliphatic carbocycles. The molecule has 0 radical (unpaired) electrons. The summed E-state index contributed by atoms with van der Waals surface area (Å²) >= 11 is 0. The van der Waals surface area contributed by atoms with Crippen molar-refractivity contribution < 1.29 is 46.8 Å². The van der Waals surface area contributed by atoms with Gasteiger partial charge in [0.25, 0.3) is 0 Å². The highest BCUT2D eigenvalue weighted by Crippen LogP contribution is 2.43. The second-order valence-electron chi connectivity index (χ2n) is 15.4. The molecular weight excluding hydrogens is 693 g/mol. The largest absolute Gasteiger partial charge is 0.472 e. The number of nitrogens with zero attached hydrogens (tertiary/aromatic N) is 1. The zero-order valence-electron chi connectivity index (χ0n) is 34.2. The molecule has 0 spiro atoms. The van der Waals surface area contributed by atoms with Crippen molar-refractivity contribution in [3.05, 3.63) is 36.5 Å². The van der Waals surface area contributed by atoms with Crippen LogP contribution in [0.25, 0.3) is 0 Å². The Balaban J connectivity index is 2.37. The van der Waals surface area contributed by atoms with Gasteiger partial charge < -0.3 is 23.6 Å². The molecule has 0 aromatic rings. The molecule has 1 rings (SSSR count). The third kappa shape index (κ3) is 32.2. The number of likely N-dealkylation sites (N-methyl/N-ethyl adjacent to an activating group) is 1. The van der Waals surface area contributed by atoms with E-state index in [4.69, 9.17) is 23.3 Å². The summed E-state index contributed by atoms with van der Waals surface area (Å²) in [6, 6.07) is 0. The monoisotopic (exact) mass is 771 g/mol. The normalized spacial score (nSPS) is 17.8. The fourth-order valence-corrected chi connectivity index (χ4v) is 6.43. The highest BCUT2D eigenvalue weighted by atomic mass is 31.2. The minimum absolute atomic E-state index is 0.0177. The second kappa shape index (κ2) is 31.4. The summed E-state index contributed by atoms with van der Waals surface area (Å²) in [5, 5.41) is 0. The zero-order valence-corrected chi connectivity index (χ0v) is 35.1. The maximum atomic E-state index is 12.7. The number of allylic oxidation sites excluding steroid dienone is 5. The number of carbonyl (C=O) groups is 2. The van der Waals surface area contributed by atoms with E-state index in [1.165, 1.54) is 77.0 Å². The molecule has 4 atom stereocenters. The van der Waals surface area contributed by atoms with Crippen molar-refractivity contribution in [3.8, 4) is 0 Å². The first-order valence-electron chi connectivity index (χ1n) is 20.8. The Morgan fingerprint density at radius 2 is 1.26 bits per heavy atom. The van der Waals surface area contributed by atoms with Crippen LogP contribution in [0.1, 0.15) is 155 Å². The van der Waals surface area contributed by atoms with Crippen LogP contribution in [-0.2, 0) is 37.4 Å². The maximum absolute atomic E-state index is 12.7. The quantitative estimate of drug-likeness (QED) is 0.0166. The molecule has 10 nitrogen and oxygen atoms in total. The van der Waals surface area contributed by atoms with Gasteiger partial charge in [0.05, 0.1) is 40.0 Å². The van der Waals surface area contributed by atoms with E-state index in [1.807, 2.05) is 21.1 Å². The predicted octanol–water partition coefficient (Wildman–Crippen LogP) is 10.3. The SMILES string of the molecule is CCCCC/C=C\C/C=C\C/C=C\CC1OC1CCCC(=O)O[C@H](COC(=O)CCCCCCCCCCCCC)COP(=O)(O)OCC[N+](C)(C)C. The Hall–Kier alpha value is -1.81. The molecule has 1 fully saturated rings. The van der Waals surface area contributed by atoms with Gasteiger partial charge in [0.2, 0.25) is 0 Å². The fraction of sp³-hybridized carbons (Fsp3) is 0.810. The van der Waals surface area contributed by atoms with Crippen LogP contribution >= 0.6 is 7.82 Å². The van der Waals surface area contributed by atoms with Crippen LogP contribution in [0.15, 0.2) is 36.5 Å². The lowest BCUT2D eigenvalue weighted by molar-refractivity contribution is -0.870. The molecule has 308 valence electrons. The lowest BCUT2D eigenvalue weighted by Crippen LogP contribution is -2.37.